The van der Waals surface area contributed by atoms with Gasteiger partial charge in [-0.15, -0.1) is 0 Å². The molecule has 0 aliphatic heterocycles. The van der Waals surface area contributed by atoms with Crippen LogP contribution in [0.15, 0.2) is 233 Å². The Kier molecular flexibility index (Phi) is 8.17. The molecule has 3 nitrogen and oxygen atoms in total. The van der Waals surface area contributed by atoms with E-state index in [9.17, 15) is 0 Å². The van der Waals surface area contributed by atoms with E-state index in [1.807, 2.05) is 12.1 Å². The Balaban J connectivity index is 1.13. The van der Waals surface area contributed by atoms with Crippen LogP contribution in [0.3, 0.4) is 0 Å². The van der Waals surface area contributed by atoms with Crippen molar-refractivity contribution in [3.63, 3.8) is 0 Å². The molecule has 0 N–H and O–H groups in total. The molecule has 0 aliphatic carbocycles. The summed E-state index contributed by atoms with van der Waals surface area (Å²) in [7, 11) is 0. The first-order chi connectivity index (χ1) is 30.2. The van der Waals surface area contributed by atoms with Gasteiger partial charge in [0.15, 0.2) is 5.58 Å². The summed E-state index contributed by atoms with van der Waals surface area (Å²) >= 11 is 0. The molecule has 0 bridgehead atoms. The number of rotatable bonds is 7. The lowest BCUT2D eigenvalue weighted by Gasteiger charge is -2.27. The molecule has 2 heterocycles. The number of benzene rings is 10. The van der Waals surface area contributed by atoms with E-state index < -0.39 is 0 Å². The Morgan fingerprint density at radius 1 is 0.262 bits per heavy atom. The summed E-state index contributed by atoms with van der Waals surface area (Å²) in [5.74, 6) is 0. The van der Waals surface area contributed by atoms with Gasteiger partial charge in [0.25, 0.3) is 0 Å². The monoisotopic (exact) mass is 779 g/mol. The van der Waals surface area contributed by atoms with Gasteiger partial charge in [-0.2, -0.15) is 0 Å². The van der Waals surface area contributed by atoms with Crippen molar-refractivity contribution < 1.29 is 8.83 Å². The Labute approximate surface area is 353 Å². The first kappa shape index (κ1) is 34.9. The molecule has 0 unspecified atom stereocenters. The molecule has 2 aromatic heterocycles. The fraction of sp³-hybridized carbons (Fsp3) is 0. The molecule has 0 radical (unpaired) electrons. The molecule has 0 spiro atoms. The maximum atomic E-state index is 7.00. The van der Waals surface area contributed by atoms with Gasteiger partial charge in [0, 0.05) is 38.0 Å². The van der Waals surface area contributed by atoms with Gasteiger partial charge in [0.1, 0.15) is 16.7 Å². The summed E-state index contributed by atoms with van der Waals surface area (Å²) < 4.78 is 13.8. The van der Waals surface area contributed by atoms with Gasteiger partial charge in [0.05, 0.1) is 11.4 Å². The lowest BCUT2D eigenvalue weighted by molar-refractivity contribution is 0.669. The van der Waals surface area contributed by atoms with Gasteiger partial charge in [0.2, 0.25) is 0 Å². The zero-order valence-corrected chi connectivity index (χ0v) is 33.1. The lowest BCUT2D eigenvalue weighted by atomic mass is 9.91. The minimum absolute atomic E-state index is 0.838. The van der Waals surface area contributed by atoms with Crippen LogP contribution >= 0.6 is 0 Å². The van der Waals surface area contributed by atoms with Crippen LogP contribution in [-0.4, -0.2) is 0 Å². The molecule has 10 aromatic carbocycles. The van der Waals surface area contributed by atoms with Gasteiger partial charge in [-0.1, -0.05) is 176 Å². The Morgan fingerprint density at radius 3 is 1.54 bits per heavy atom. The highest BCUT2D eigenvalue weighted by atomic mass is 16.3. The summed E-state index contributed by atoms with van der Waals surface area (Å²) in [6.45, 7) is 0. The molecular weight excluding hydrogens is 743 g/mol. The molecule has 61 heavy (non-hydrogen) atoms. The average Bonchev–Trinajstić information content (AvgIpc) is 3.91. The molecule has 3 heteroatoms. The Bertz CT molecular complexity index is 3570. The van der Waals surface area contributed by atoms with Crippen molar-refractivity contribution in [1.82, 2.24) is 0 Å². The predicted octanol–water partition coefficient (Wildman–Crippen LogP) is 16.8. The van der Waals surface area contributed by atoms with E-state index in [1.165, 1.54) is 16.7 Å². The Morgan fingerprint density at radius 2 is 0.787 bits per heavy atom. The molecule has 0 atom stereocenters. The van der Waals surface area contributed by atoms with Gasteiger partial charge in [-0.3, -0.25) is 0 Å². The van der Waals surface area contributed by atoms with Crippen molar-refractivity contribution in [2.45, 2.75) is 0 Å². The number of para-hydroxylation sites is 2. The first-order valence-electron chi connectivity index (χ1n) is 20.7. The number of furan rings is 2. The quantitative estimate of drug-likeness (QED) is 0.161. The van der Waals surface area contributed by atoms with Crippen LogP contribution in [-0.2, 0) is 0 Å². The number of fused-ring (bicyclic) bond motifs is 8. The zero-order valence-electron chi connectivity index (χ0n) is 33.1. The van der Waals surface area contributed by atoms with Crippen LogP contribution < -0.4 is 4.90 Å². The molecule has 12 aromatic rings. The summed E-state index contributed by atoms with van der Waals surface area (Å²) in [6.07, 6.45) is 0. The molecule has 0 aliphatic rings. The lowest BCUT2D eigenvalue weighted by Crippen LogP contribution is -2.11. The Hall–Kier alpha value is -8.14. The number of anilines is 3. The molecule has 0 saturated carbocycles. The van der Waals surface area contributed by atoms with Crippen molar-refractivity contribution in [2.75, 3.05) is 4.90 Å². The first-order valence-corrected chi connectivity index (χ1v) is 20.7. The van der Waals surface area contributed by atoms with Crippen LogP contribution in [0.25, 0.3) is 99.2 Å². The van der Waals surface area contributed by atoms with Crippen molar-refractivity contribution in [2.24, 2.45) is 0 Å². The molecule has 12 rings (SSSR count). The zero-order chi connectivity index (χ0) is 40.3. The highest BCUT2D eigenvalue weighted by Crippen LogP contribution is 2.49. The van der Waals surface area contributed by atoms with Crippen molar-refractivity contribution >= 4 is 71.7 Å². The average molecular weight is 780 g/mol. The second-order valence-corrected chi connectivity index (χ2v) is 15.6. The normalized spacial score (nSPS) is 11.6. The van der Waals surface area contributed by atoms with E-state index in [4.69, 9.17) is 8.83 Å². The van der Waals surface area contributed by atoms with Crippen LogP contribution in [0.1, 0.15) is 0 Å². The van der Waals surface area contributed by atoms with Gasteiger partial charge in [-0.25, -0.2) is 0 Å². The molecular formula is C58H37NO2. The maximum Gasteiger partial charge on any atom is 0.159 e. The van der Waals surface area contributed by atoms with Crippen molar-refractivity contribution in [3.05, 3.63) is 224 Å². The van der Waals surface area contributed by atoms with Gasteiger partial charge < -0.3 is 13.7 Å². The summed E-state index contributed by atoms with van der Waals surface area (Å²) in [5, 5.41) is 6.40. The SMILES string of the molecule is c1ccc(-c2ccc(N(c3cc4c5cc(-c6cccc(-c7ccccc7)c6)c(-c6ccccc6)cc5oc4c4ccccc34)c3cccc4c3oc3ccccc34)cc2)cc1. The standard InChI is InChI=1S/C58H37NO2/c1-4-16-38(17-5-1)40-30-32-44(33-31-40)59(53-28-15-27-48-46-25-12-13-29-55(46)60-58(48)53)54-36-52-51-35-49(43-23-14-22-42(34-43)39-18-6-2-7-19-39)50(41-20-8-3-9-21-41)37-56(51)61-57(52)47-26-11-10-24-45(47)54/h1-37H. The summed E-state index contributed by atoms with van der Waals surface area (Å²) in [5.41, 5.74) is 15.7. The smallest absolute Gasteiger partial charge is 0.159 e. The van der Waals surface area contributed by atoms with E-state index in [-0.39, 0.29) is 0 Å². The number of hydrogen-bond donors (Lipinski definition) is 0. The summed E-state index contributed by atoms with van der Waals surface area (Å²) in [4.78, 5) is 2.36. The van der Waals surface area contributed by atoms with Gasteiger partial charge in [-0.05, 0) is 93.0 Å². The van der Waals surface area contributed by atoms with E-state index in [1.54, 1.807) is 0 Å². The van der Waals surface area contributed by atoms with E-state index in [2.05, 4.69) is 217 Å². The largest absolute Gasteiger partial charge is 0.455 e. The van der Waals surface area contributed by atoms with Gasteiger partial charge >= 0.3 is 0 Å². The van der Waals surface area contributed by atoms with Crippen molar-refractivity contribution in [1.29, 1.82) is 0 Å². The van der Waals surface area contributed by atoms with E-state index in [0.29, 0.717) is 0 Å². The second kappa shape index (κ2) is 14.3. The van der Waals surface area contributed by atoms with Crippen LogP contribution in [0.4, 0.5) is 17.1 Å². The minimum atomic E-state index is 0.838. The fourth-order valence-corrected chi connectivity index (χ4v) is 9.15. The fourth-order valence-electron chi connectivity index (χ4n) is 9.15. The number of nitrogens with zero attached hydrogens (tertiary/aromatic N) is 1. The summed E-state index contributed by atoms with van der Waals surface area (Å²) in [6, 6.07) is 79.8. The maximum absolute atomic E-state index is 7.00. The van der Waals surface area contributed by atoms with Crippen LogP contribution in [0, 0.1) is 0 Å². The third kappa shape index (κ3) is 5.90. The third-order valence-electron chi connectivity index (χ3n) is 12.1. The third-order valence-corrected chi connectivity index (χ3v) is 12.1. The van der Waals surface area contributed by atoms with E-state index in [0.717, 1.165) is 99.5 Å². The highest BCUT2D eigenvalue weighted by molar-refractivity contribution is 6.21. The number of hydrogen-bond acceptors (Lipinski definition) is 3. The predicted molar refractivity (Wildman–Crippen MR) is 255 cm³/mol. The van der Waals surface area contributed by atoms with Crippen molar-refractivity contribution in [3.8, 4) is 44.5 Å². The highest BCUT2D eigenvalue weighted by Gasteiger charge is 2.24. The van der Waals surface area contributed by atoms with Crippen LogP contribution in [0.5, 0.6) is 0 Å². The molecule has 0 amide bonds. The minimum Gasteiger partial charge on any atom is -0.455 e. The molecule has 286 valence electrons. The topological polar surface area (TPSA) is 29.5 Å². The molecule has 0 saturated heterocycles. The van der Waals surface area contributed by atoms with E-state index >= 15 is 0 Å². The van der Waals surface area contributed by atoms with Crippen LogP contribution in [0.2, 0.25) is 0 Å². The second-order valence-electron chi connectivity index (χ2n) is 15.6. The molecule has 0 fully saturated rings.